The second-order valence-electron chi connectivity index (χ2n) is 3.62. The van der Waals surface area contributed by atoms with Crippen LogP contribution < -0.4 is 5.73 Å². The van der Waals surface area contributed by atoms with Gasteiger partial charge in [0.15, 0.2) is 0 Å². The molecule has 0 saturated heterocycles. The van der Waals surface area contributed by atoms with Crippen molar-refractivity contribution >= 4 is 23.4 Å². The maximum absolute atomic E-state index is 11.0. The van der Waals surface area contributed by atoms with Gasteiger partial charge in [-0.3, -0.25) is 0 Å². The number of benzene rings is 1. The van der Waals surface area contributed by atoms with Crippen molar-refractivity contribution in [1.29, 1.82) is 0 Å². The Balaban J connectivity index is 2.99. The predicted octanol–water partition coefficient (Wildman–Crippen LogP) is 1.83. The van der Waals surface area contributed by atoms with Crippen LogP contribution in [-0.4, -0.2) is 27.5 Å². The van der Waals surface area contributed by atoms with Crippen LogP contribution in [0.4, 0.5) is 5.69 Å². The summed E-state index contributed by atoms with van der Waals surface area (Å²) in [6.07, 6.45) is -0.496. The van der Waals surface area contributed by atoms with E-state index in [0.29, 0.717) is 10.6 Å². The molecule has 0 fully saturated rings. The van der Waals surface area contributed by atoms with Gasteiger partial charge in [0.2, 0.25) is 0 Å². The first-order chi connectivity index (χ1) is 7.41. The summed E-state index contributed by atoms with van der Waals surface area (Å²) in [5, 5.41) is 18.3. The lowest BCUT2D eigenvalue weighted by Crippen LogP contribution is -2.15. The molecule has 0 bridgehead atoms. The van der Waals surface area contributed by atoms with Crippen molar-refractivity contribution in [3.8, 4) is 0 Å². The summed E-state index contributed by atoms with van der Waals surface area (Å²) in [6, 6.07) is 4.76. The molecule has 0 aliphatic rings. The van der Waals surface area contributed by atoms with E-state index in [2.05, 4.69) is 0 Å². The molecule has 5 heteroatoms. The van der Waals surface area contributed by atoms with E-state index in [1.165, 1.54) is 17.8 Å². The van der Waals surface area contributed by atoms with Gasteiger partial charge < -0.3 is 15.9 Å². The van der Waals surface area contributed by atoms with Gasteiger partial charge in [-0.15, -0.1) is 11.8 Å². The van der Waals surface area contributed by atoms with Crippen LogP contribution in [0.3, 0.4) is 0 Å². The minimum atomic E-state index is -1.01. The summed E-state index contributed by atoms with van der Waals surface area (Å²) in [7, 11) is 0. The number of anilines is 1. The molecule has 1 rings (SSSR count). The molecule has 2 unspecified atom stereocenters. The van der Waals surface area contributed by atoms with Gasteiger partial charge in [-0.25, -0.2) is 4.79 Å². The van der Waals surface area contributed by atoms with Crippen molar-refractivity contribution < 1.29 is 15.0 Å². The van der Waals surface area contributed by atoms with Crippen LogP contribution >= 0.6 is 11.8 Å². The Morgan fingerprint density at radius 3 is 2.56 bits per heavy atom. The summed E-state index contributed by atoms with van der Waals surface area (Å²) in [6.45, 7) is 3.52. The lowest BCUT2D eigenvalue weighted by Gasteiger charge is -2.15. The molecule has 1 aromatic rings. The van der Waals surface area contributed by atoms with Gasteiger partial charge in [0, 0.05) is 15.8 Å². The van der Waals surface area contributed by atoms with E-state index in [-0.39, 0.29) is 10.8 Å². The van der Waals surface area contributed by atoms with Gasteiger partial charge in [-0.2, -0.15) is 0 Å². The Morgan fingerprint density at radius 2 is 2.06 bits per heavy atom. The standard InChI is InChI=1S/C11H15NO3S/c1-6(13)7(2)16-10-4-3-8(12)5-9(10)11(14)15/h3-7,13H,12H2,1-2H3,(H,14,15). The van der Waals surface area contributed by atoms with E-state index in [9.17, 15) is 9.90 Å². The number of carbonyl (C=O) groups is 1. The van der Waals surface area contributed by atoms with E-state index in [0.717, 1.165) is 0 Å². The number of aliphatic hydroxyl groups excluding tert-OH is 1. The number of hydrogen-bond acceptors (Lipinski definition) is 4. The van der Waals surface area contributed by atoms with E-state index >= 15 is 0 Å². The average molecular weight is 241 g/mol. The van der Waals surface area contributed by atoms with Gasteiger partial charge in [-0.1, -0.05) is 6.92 Å². The van der Waals surface area contributed by atoms with Gasteiger partial charge >= 0.3 is 5.97 Å². The smallest absolute Gasteiger partial charge is 0.336 e. The molecule has 0 aliphatic heterocycles. The van der Waals surface area contributed by atoms with Gasteiger partial charge in [0.1, 0.15) is 0 Å². The van der Waals surface area contributed by atoms with E-state index in [1.807, 2.05) is 6.92 Å². The van der Waals surface area contributed by atoms with Gasteiger partial charge in [0.05, 0.1) is 11.7 Å². The van der Waals surface area contributed by atoms with Crippen LogP contribution in [0.1, 0.15) is 24.2 Å². The molecule has 0 saturated carbocycles. The third-order valence-electron chi connectivity index (χ3n) is 2.23. The third-order valence-corrected chi connectivity index (χ3v) is 3.60. The molecule has 0 aliphatic carbocycles. The molecular weight excluding hydrogens is 226 g/mol. The van der Waals surface area contributed by atoms with Crippen LogP contribution in [0.5, 0.6) is 0 Å². The number of carboxylic acids is 1. The predicted molar refractivity (Wildman–Crippen MR) is 64.8 cm³/mol. The number of thioether (sulfide) groups is 1. The fraction of sp³-hybridized carbons (Fsp3) is 0.364. The molecule has 2 atom stereocenters. The lowest BCUT2D eigenvalue weighted by atomic mass is 10.2. The summed E-state index contributed by atoms with van der Waals surface area (Å²) in [4.78, 5) is 11.6. The van der Waals surface area contributed by atoms with Crippen molar-refractivity contribution in [2.75, 3.05) is 5.73 Å². The molecule has 4 nitrogen and oxygen atoms in total. The Kier molecular flexibility index (Phi) is 4.20. The second kappa shape index (κ2) is 5.23. The second-order valence-corrected chi connectivity index (χ2v) is 5.04. The van der Waals surface area contributed by atoms with Crippen molar-refractivity contribution in [3.05, 3.63) is 23.8 Å². The Labute approximate surface area is 98.5 Å². The highest BCUT2D eigenvalue weighted by molar-refractivity contribution is 8.00. The van der Waals surface area contributed by atoms with Crippen molar-refractivity contribution in [3.63, 3.8) is 0 Å². The largest absolute Gasteiger partial charge is 0.478 e. The molecule has 0 spiro atoms. The summed E-state index contributed by atoms with van der Waals surface area (Å²) in [5.41, 5.74) is 6.13. The molecule has 0 aromatic heterocycles. The molecule has 0 amide bonds. The maximum atomic E-state index is 11.0. The number of nitrogens with two attached hydrogens (primary N) is 1. The first kappa shape index (κ1) is 12.9. The first-order valence-corrected chi connectivity index (χ1v) is 5.77. The summed E-state index contributed by atoms with van der Waals surface area (Å²) >= 11 is 1.33. The van der Waals surface area contributed by atoms with Crippen LogP contribution in [0.25, 0.3) is 0 Å². The number of aliphatic hydroxyl groups is 1. The molecule has 0 radical (unpaired) electrons. The molecular formula is C11H15NO3S. The topological polar surface area (TPSA) is 83.5 Å². The molecule has 16 heavy (non-hydrogen) atoms. The van der Waals surface area contributed by atoms with Crippen LogP contribution in [0.2, 0.25) is 0 Å². The highest BCUT2D eigenvalue weighted by Crippen LogP contribution is 2.29. The van der Waals surface area contributed by atoms with Crippen LogP contribution in [-0.2, 0) is 0 Å². The maximum Gasteiger partial charge on any atom is 0.336 e. The zero-order valence-corrected chi connectivity index (χ0v) is 9.99. The SMILES string of the molecule is CC(O)C(C)Sc1ccc(N)cc1C(=O)O. The van der Waals surface area contributed by atoms with Crippen molar-refractivity contribution in [2.24, 2.45) is 0 Å². The average Bonchev–Trinajstić information content (AvgIpc) is 2.20. The highest BCUT2D eigenvalue weighted by atomic mass is 32.2. The van der Waals surface area contributed by atoms with E-state index in [1.54, 1.807) is 19.1 Å². The molecule has 4 N–H and O–H groups in total. The highest BCUT2D eigenvalue weighted by Gasteiger charge is 2.16. The van der Waals surface area contributed by atoms with E-state index in [4.69, 9.17) is 10.8 Å². The fourth-order valence-corrected chi connectivity index (χ4v) is 2.13. The lowest BCUT2D eigenvalue weighted by molar-refractivity contribution is 0.0693. The first-order valence-electron chi connectivity index (χ1n) is 4.89. The van der Waals surface area contributed by atoms with Crippen molar-refractivity contribution in [2.45, 2.75) is 30.1 Å². The van der Waals surface area contributed by atoms with Gasteiger partial charge in [0.25, 0.3) is 0 Å². The number of hydrogen-bond donors (Lipinski definition) is 3. The Bertz CT molecular complexity index is 393. The van der Waals surface area contributed by atoms with Crippen molar-refractivity contribution in [1.82, 2.24) is 0 Å². The van der Waals surface area contributed by atoms with Crippen LogP contribution in [0, 0.1) is 0 Å². The summed E-state index contributed by atoms with van der Waals surface area (Å²) < 4.78 is 0. The third kappa shape index (κ3) is 3.15. The molecule has 0 heterocycles. The number of rotatable bonds is 4. The zero-order chi connectivity index (χ0) is 12.3. The summed E-state index contributed by atoms with van der Waals surface area (Å²) in [5.74, 6) is -1.01. The minimum Gasteiger partial charge on any atom is -0.478 e. The number of carboxylic acid groups (broad SMARTS) is 1. The normalized spacial score (nSPS) is 14.4. The number of aromatic carboxylic acids is 1. The minimum absolute atomic E-state index is 0.0678. The fourth-order valence-electron chi connectivity index (χ4n) is 1.12. The number of nitrogen functional groups attached to an aromatic ring is 1. The Morgan fingerprint density at radius 1 is 1.44 bits per heavy atom. The van der Waals surface area contributed by atoms with Crippen LogP contribution in [0.15, 0.2) is 23.1 Å². The van der Waals surface area contributed by atoms with Gasteiger partial charge in [-0.05, 0) is 25.1 Å². The zero-order valence-electron chi connectivity index (χ0n) is 9.18. The monoisotopic (exact) mass is 241 g/mol. The molecule has 88 valence electrons. The van der Waals surface area contributed by atoms with E-state index < -0.39 is 12.1 Å². The quantitative estimate of drug-likeness (QED) is 0.553. The Hall–Kier alpha value is -1.20. The molecule has 1 aromatic carbocycles.